The first kappa shape index (κ1) is 8.60. The van der Waals surface area contributed by atoms with Crippen molar-refractivity contribution in [2.45, 2.75) is 6.42 Å². The zero-order valence-corrected chi connectivity index (χ0v) is 5.54. The van der Waals surface area contributed by atoms with E-state index in [-0.39, 0.29) is 13.0 Å². The van der Waals surface area contributed by atoms with Crippen molar-refractivity contribution < 1.29 is 14.0 Å². The average molecular weight is 150 g/mol. The Balaban J connectivity index is 3.32. The van der Waals surface area contributed by atoms with Crippen LogP contribution >= 0.6 is 7.75 Å². The van der Waals surface area contributed by atoms with Gasteiger partial charge in [0.05, 0.1) is 19.1 Å². The SMILES string of the molecule is N#CCCOP(N)(=O)O. The highest BCUT2D eigenvalue weighted by atomic mass is 31.2. The molecule has 0 heterocycles. The molecule has 0 aromatic heterocycles. The van der Waals surface area contributed by atoms with Crippen LogP contribution in [0.5, 0.6) is 0 Å². The molecule has 1 unspecified atom stereocenters. The number of nitrogens with zero attached hydrogens (tertiary/aromatic N) is 1. The summed E-state index contributed by atoms with van der Waals surface area (Å²) in [5.41, 5.74) is 4.56. The summed E-state index contributed by atoms with van der Waals surface area (Å²) in [7, 11) is -3.85. The monoisotopic (exact) mass is 150 g/mol. The van der Waals surface area contributed by atoms with Gasteiger partial charge in [-0.15, -0.1) is 0 Å². The van der Waals surface area contributed by atoms with Crippen LogP contribution in [-0.4, -0.2) is 11.5 Å². The highest BCUT2D eigenvalue weighted by molar-refractivity contribution is 7.50. The van der Waals surface area contributed by atoms with Gasteiger partial charge in [0, 0.05) is 0 Å². The van der Waals surface area contributed by atoms with Crippen LogP contribution in [0.3, 0.4) is 0 Å². The maximum absolute atomic E-state index is 10.1. The van der Waals surface area contributed by atoms with Crippen molar-refractivity contribution in [2.24, 2.45) is 5.50 Å². The minimum atomic E-state index is -3.85. The molecular formula is C3H7N2O3P. The van der Waals surface area contributed by atoms with Crippen LogP contribution in [0.1, 0.15) is 6.42 Å². The van der Waals surface area contributed by atoms with Gasteiger partial charge in [0.2, 0.25) is 0 Å². The lowest BCUT2D eigenvalue weighted by atomic mass is 10.5. The van der Waals surface area contributed by atoms with E-state index in [4.69, 9.17) is 10.2 Å². The number of nitrogens with two attached hydrogens (primary N) is 1. The zero-order valence-electron chi connectivity index (χ0n) is 4.65. The molecule has 0 aromatic carbocycles. The van der Waals surface area contributed by atoms with E-state index in [1.165, 1.54) is 0 Å². The highest BCUT2D eigenvalue weighted by Crippen LogP contribution is 2.30. The van der Waals surface area contributed by atoms with E-state index < -0.39 is 7.75 Å². The fraction of sp³-hybridized carbons (Fsp3) is 0.667. The molecule has 6 heteroatoms. The summed E-state index contributed by atoms with van der Waals surface area (Å²) >= 11 is 0. The molecule has 1 atom stereocenters. The standard InChI is InChI=1S/C3H7N2O3P/c4-2-1-3-8-9(5,6)7/h1,3H2,(H3,5,6,7). The second kappa shape index (κ2) is 3.59. The summed E-state index contributed by atoms with van der Waals surface area (Å²) < 4.78 is 14.2. The van der Waals surface area contributed by atoms with Crippen molar-refractivity contribution in [1.82, 2.24) is 0 Å². The third-order valence-corrected chi connectivity index (χ3v) is 1.04. The predicted molar refractivity (Wildman–Crippen MR) is 30.2 cm³/mol. The van der Waals surface area contributed by atoms with Gasteiger partial charge in [-0.1, -0.05) is 0 Å². The summed E-state index contributed by atoms with van der Waals surface area (Å²) in [6, 6.07) is 1.73. The van der Waals surface area contributed by atoms with Crippen molar-refractivity contribution in [2.75, 3.05) is 6.61 Å². The van der Waals surface area contributed by atoms with Gasteiger partial charge in [-0.05, 0) is 0 Å². The van der Waals surface area contributed by atoms with Gasteiger partial charge in [0.25, 0.3) is 0 Å². The molecule has 0 radical (unpaired) electrons. The van der Waals surface area contributed by atoms with Gasteiger partial charge in [-0.25, -0.2) is 10.1 Å². The first-order chi connectivity index (χ1) is 4.06. The molecule has 0 saturated heterocycles. The molecule has 0 rings (SSSR count). The Bertz CT molecular complexity index is 157. The molecule has 0 amide bonds. The van der Waals surface area contributed by atoms with Crippen LogP contribution in [0.15, 0.2) is 0 Å². The van der Waals surface area contributed by atoms with E-state index in [9.17, 15) is 4.57 Å². The van der Waals surface area contributed by atoms with Gasteiger partial charge in [0.1, 0.15) is 0 Å². The van der Waals surface area contributed by atoms with Gasteiger partial charge in [0.15, 0.2) is 0 Å². The Morgan fingerprint density at radius 2 is 2.44 bits per heavy atom. The minimum Gasteiger partial charge on any atom is -0.313 e. The molecule has 0 saturated carbocycles. The van der Waals surface area contributed by atoms with Crippen LogP contribution < -0.4 is 5.50 Å². The number of hydrogen-bond acceptors (Lipinski definition) is 3. The molecule has 0 spiro atoms. The van der Waals surface area contributed by atoms with E-state index in [0.717, 1.165) is 0 Å². The number of hydrogen-bond donors (Lipinski definition) is 2. The molecule has 0 bridgehead atoms. The number of nitriles is 1. The average Bonchev–Trinajstić information content (AvgIpc) is 1.63. The Morgan fingerprint density at radius 1 is 1.89 bits per heavy atom. The Morgan fingerprint density at radius 3 is 2.78 bits per heavy atom. The molecule has 52 valence electrons. The lowest BCUT2D eigenvalue weighted by Crippen LogP contribution is -1.98. The molecule has 0 aliphatic heterocycles. The Labute approximate surface area is 52.6 Å². The van der Waals surface area contributed by atoms with Gasteiger partial charge in [-0.2, -0.15) is 5.26 Å². The van der Waals surface area contributed by atoms with Crippen LogP contribution in [0.4, 0.5) is 0 Å². The molecule has 0 fully saturated rings. The second-order valence-corrected chi connectivity index (χ2v) is 2.69. The zero-order chi connectivity index (χ0) is 7.33. The van der Waals surface area contributed by atoms with E-state index in [2.05, 4.69) is 10.0 Å². The van der Waals surface area contributed by atoms with Crippen molar-refractivity contribution in [1.29, 1.82) is 5.26 Å². The summed E-state index contributed by atoms with van der Waals surface area (Å²) in [6.45, 7) is -0.0965. The summed E-state index contributed by atoms with van der Waals surface area (Å²) in [6.07, 6.45) is 0.0712. The third kappa shape index (κ3) is 7.60. The van der Waals surface area contributed by atoms with Crippen molar-refractivity contribution in [3.63, 3.8) is 0 Å². The van der Waals surface area contributed by atoms with E-state index >= 15 is 0 Å². The van der Waals surface area contributed by atoms with Crippen molar-refractivity contribution in [3.05, 3.63) is 0 Å². The van der Waals surface area contributed by atoms with E-state index in [0.29, 0.717) is 0 Å². The largest absolute Gasteiger partial charge is 0.400 e. The first-order valence-corrected chi connectivity index (χ1v) is 3.84. The van der Waals surface area contributed by atoms with E-state index in [1.807, 2.05) is 0 Å². The smallest absolute Gasteiger partial charge is 0.313 e. The van der Waals surface area contributed by atoms with Crippen LogP contribution in [0.2, 0.25) is 0 Å². The maximum Gasteiger partial charge on any atom is 0.400 e. The van der Waals surface area contributed by atoms with E-state index in [1.54, 1.807) is 6.07 Å². The van der Waals surface area contributed by atoms with Gasteiger partial charge >= 0.3 is 7.75 Å². The predicted octanol–water partition coefficient (Wildman–Crippen LogP) is -0.0242. The summed E-state index contributed by atoms with van der Waals surface area (Å²) in [4.78, 5) is 8.25. The lowest BCUT2D eigenvalue weighted by Gasteiger charge is -2.01. The second-order valence-electron chi connectivity index (χ2n) is 1.31. The fourth-order valence-electron chi connectivity index (χ4n) is 0.222. The molecule has 3 N–H and O–H groups in total. The highest BCUT2D eigenvalue weighted by Gasteiger charge is 2.08. The normalized spacial score (nSPS) is 16.1. The minimum absolute atomic E-state index is 0.0712. The lowest BCUT2D eigenvalue weighted by molar-refractivity contribution is 0.266. The van der Waals surface area contributed by atoms with Crippen LogP contribution in [0.25, 0.3) is 0 Å². The van der Waals surface area contributed by atoms with Gasteiger partial charge < -0.3 is 4.89 Å². The molecular weight excluding hydrogens is 143 g/mol. The topological polar surface area (TPSA) is 96.3 Å². The molecule has 5 nitrogen and oxygen atoms in total. The van der Waals surface area contributed by atoms with Gasteiger partial charge in [-0.3, -0.25) is 4.52 Å². The molecule has 0 aliphatic rings. The molecule has 9 heavy (non-hydrogen) atoms. The van der Waals surface area contributed by atoms with Crippen molar-refractivity contribution in [3.8, 4) is 6.07 Å². The summed E-state index contributed by atoms with van der Waals surface area (Å²) in [5, 5.41) is 7.92. The Hall–Kier alpha value is -0.400. The third-order valence-electron chi connectivity index (χ3n) is 0.490. The number of rotatable bonds is 3. The van der Waals surface area contributed by atoms with Crippen LogP contribution in [-0.2, 0) is 9.09 Å². The molecule has 0 aromatic rings. The maximum atomic E-state index is 10.1. The molecule has 0 aliphatic carbocycles. The Kier molecular flexibility index (Phi) is 3.43. The quantitative estimate of drug-likeness (QED) is 0.435. The first-order valence-electron chi connectivity index (χ1n) is 2.19. The fourth-order valence-corrected chi connectivity index (χ4v) is 0.575. The van der Waals surface area contributed by atoms with Crippen molar-refractivity contribution >= 4 is 7.75 Å². The summed E-state index contributed by atoms with van der Waals surface area (Å²) in [5.74, 6) is 0. The van der Waals surface area contributed by atoms with Crippen LogP contribution in [0, 0.1) is 11.3 Å².